The van der Waals surface area contributed by atoms with E-state index < -0.39 is 0 Å². The Bertz CT molecular complexity index is 948. The zero-order valence-electron chi connectivity index (χ0n) is 19.5. The van der Waals surface area contributed by atoms with Crippen molar-refractivity contribution in [2.75, 3.05) is 26.0 Å². The molecule has 0 saturated heterocycles. The Morgan fingerprint density at radius 2 is 1.91 bits per heavy atom. The number of fused-ring (bicyclic) bond motifs is 1. The summed E-state index contributed by atoms with van der Waals surface area (Å²) in [6.07, 6.45) is 7.70. The summed E-state index contributed by atoms with van der Waals surface area (Å²) in [7, 11) is 1.73. The zero-order chi connectivity index (χ0) is 23.1. The first-order valence-corrected chi connectivity index (χ1v) is 14.1. The maximum atomic E-state index is 5.40. The average molecular weight is 499 g/mol. The van der Waals surface area contributed by atoms with Crippen LogP contribution in [0.15, 0.2) is 60.7 Å². The van der Waals surface area contributed by atoms with E-state index in [1.54, 1.807) is 7.11 Å². The highest BCUT2D eigenvalue weighted by Crippen LogP contribution is 2.63. The number of nitrogens with one attached hydrogen (secondary N) is 2. The van der Waals surface area contributed by atoms with Gasteiger partial charge in [0, 0.05) is 29.7 Å². The molecule has 1 aliphatic carbocycles. The minimum atomic E-state index is 0.185. The molecule has 2 aliphatic rings. The van der Waals surface area contributed by atoms with Crippen LogP contribution in [0.3, 0.4) is 0 Å². The van der Waals surface area contributed by atoms with Crippen LogP contribution in [0.2, 0.25) is 0 Å². The predicted molar refractivity (Wildman–Crippen MR) is 149 cm³/mol. The number of allylic oxidation sites excluding steroid dienone is 1. The molecule has 6 heteroatoms. The fraction of sp³-hybridized carbons (Fsp3) is 0.444. The second-order valence-corrected chi connectivity index (χ2v) is 12.1. The highest BCUT2D eigenvalue weighted by Gasteiger charge is 2.48. The van der Waals surface area contributed by atoms with Crippen molar-refractivity contribution in [1.82, 2.24) is 10.6 Å². The molecule has 2 N–H and O–H groups in total. The molecule has 1 aliphatic heterocycles. The minimum absolute atomic E-state index is 0.185. The largest absolute Gasteiger partial charge is 0.497 e. The van der Waals surface area contributed by atoms with Gasteiger partial charge < -0.3 is 15.4 Å². The van der Waals surface area contributed by atoms with Gasteiger partial charge in [0.1, 0.15) is 5.75 Å². The van der Waals surface area contributed by atoms with E-state index in [4.69, 9.17) is 17.0 Å². The molecule has 1 fully saturated rings. The first-order valence-electron chi connectivity index (χ1n) is 11.9. The predicted octanol–water partition coefficient (Wildman–Crippen LogP) is 6.67. The van der Waals surface area contributed by atoms with Crippen LogP contribution in [-0.4, -0.2) is 35.1 Å². The highest BCUT2D eigenvalue weighted by atomic mass is 32.2. The lowest BCUT2D eigenvalue weighted by molar-refractivity contribution is 0.320. The molecule has 1 heterocycles. The van der Waals surface area contributed by atoms with Gasteiger partial charge in [0.2, 0.25) is 0 Å². The summed E-state index contributed by atoms with van der Waals surface area (Å²) in [6.45, 7) is 3.82. The van der Waals surface area contributed by atoms with Gasteiger partial charge in [-0.05, 0) is 61.2 Å². The van der Waals surface area contributed by atoms with Crippen molar-refractivity contribution >= 4 is 45.8 Å². The van der Waals surface area contributed by atoms with Crippen molar-refractivity contribution in [1.29, 1.82) is 0 Å². The Balaban J connectivity index is 1.62. The number of methoxy groups -OCH3 is 1. The van der Waals surface area contributed by atoms with Crippen molar-refractivity contribution in [3.8, 4) is 5.75 Å². The molecule has 0 bridgehead atoms. The molecule has 0 radical (unpaired) electrons. The Hall–Kier alpha value is -1.63. The van der Waals surface area contributed by atoms with Crippen molar-refractivity contribution in [2.24, 2.45) is 5.92 Å². The van der Waals surface area contributed by atoms with Gasteiger partial charge in [-0.3, -0.25) is 0 Å². The number of thiocarbonyl (C=S) groups is 1. The number of benzene rings is 2. The summed E-state index contributed by atoms with van der Waals surface area (Å²) < 4.78 is 5.59. The van der Waals surface area contributed by atoms with Crippen LogP contribution >= 0.6 is 35.7 Å². The van der Waals surface area contributed by atoms with Gasteiger partial charge in [0.05, 0.1) is 11.2 Å². The summed E-state index contributed by atoms with van der Waals surface area (Å²) in [5.41, 5.74) is 2.73. The van der Waals surface area contributed by atoms with E-state index in [1.165, 1.54) is 41.7 Å². The molecule has 3 atom stereocenters. The summed E-state index contributed by atoms with van der Waals surface area (Å²) in [4.78, 5) is 1.40. The van der Waals surface area contributed by atoms with Crippen molar-refractivity contribution in [2.45, 2.75) is 42.6 Å². The lowest BCUT2D eigenvalue weighted by Crippen LogP contribution is -2.41. The Morgan fingerprint density at radius 1 is 1.12 bits per heavy atom. The molecule has 176 valence electrons. The third-order valence-corrected chi connectivity index (χ3v) is 10.3. The SMILES string of the molecule is CCNC(=S)NCCS[C@]12CCCC[C@H]1[C@H](c1ccccc1)C=C(c1ccc(OC)cc1)S2. The van der Waals surface area contributed by atoms with Crippen LogP contribution in [0, 0.1) is 5.92 Å². The molecule has 0 unspecified atom stereocenters. The normalized spacial score (nSPS) is 24.4. The van der Waals surface area contributed by atoms with Crippen LogP contribution < -0.4 is 15.4 Å². The molecule has 0 spiro atoms. The third kappa shape index (κ3) is 5.90. The fourth-order valence-corrected chi connectivity index (χ4v) is 8.78. The van der Waals surface area contributed by atoms with Crippen molar-refractivity contribution in [3.05, 3.63) is 71.8 Å². The van der Waals surface area contributed by atoms with E-state index in [-0.39, 0.29) is 4.08 Å². The minimum Gasteiger partial charge on any atom is -0.497 e. The molecular formula is C27H34N2OS3. The maximum Gasteiger partial charge on any atom is 0.166 e. The monoisotopic (exact) mass is 498 g/mol. The van der Waals surface area contributed by atoms with Crippen molar-refractivity contribution in [3.63, 3.8) is 0 Å². The molecule has 0 amide bonds. The average Bonchev–Trinajstić information content (AvgIpc) is 2.86. The Kier molecular flexibility index (Phi) is 8.67. The lowest BCUT2D eigenvalue weighted by atomic mass is 9.75. The fourth-order valence-electron chi connectivity index (χ4n) is 4.95. The Labute approximate surface area is 212 Å². The van der Waals surface area contributed by atoms with E-state index >= 15 is 0 Å². The summed E-state index contributed by atoms with van der Waals surface area (Å²) in [6, 6.07) is 19.7. The second kappa shape index (κ2) is 11.7. The third-order valence-electron chi connectivity index (χ3n) is 6.53. The maximum absolute atomic E-state index is 5.40. The van der Waals surface area contributed by atoms with Gasteiger partial charge in [-0.25, -0.2) is 0 Å². The van der Waals surface area contributed by atoms with Gasteiger partial charge in [-0.15, -0.1) is 23.5 Å². The van der Waals surface area contributed by atoms with Crippen LogP contribution in [0.1, 0.15) is 49.7 Å². The quantitative estimate of drug-likeness (QED) is 0.312. The van der Waals surface area contributed by atoms with E-state index in [0.29, 0.717) is 11.8 Å². The van der Waals surface area contributed by atoms with Gasteiger partial charge in [0.25, 0.3) is 0 Å². The molecule has 2 aromatic carbocycles. The highest BCUT2D eigenvalue weighted by molar-refractivity contribution is 8.22. The Morgan fingerprint density at radius 3 is 2.64 bits per heavy atom. The lowest BCUT2D eigenvalue weighted by Gasteiger charge is -2.49. The molecule has 0 aromatic heterocycles. The summed E-state index contributed by atoms with van der Waals surface area (Å²) in [5, 5.41) is 7.32. The van der Waals surface area contributed by atoms with Gasteiger partial charge >= 0.3 is 0 Å². The first-order chi connectivity index (χ1) is 16.1. The topological polar surface area (TPSA) is 33.3 Å². The zero-order valence-corrected chi connectivity index (χ0v) is 22.0. The van der Waals surface area contributed by atoms with Crippen LogP contribution in [0.25, 0.3) is 4.91 Å². The second-order valence-electron chi connectivity index (χ2n) is 8.60. The van der Waals surface area contributed by atoms with Gasteiger partial charge in [0.15, 0.2) is 5.11 Å². The first kappa shape index (κ1) is 24.5. The van der Waals surface area contributed by atoms with E-state index in [1.807, 2.05) is 0 Å². The van der Waals surface area contributed by atoms with Gasteiger partial charge in [-0.2, -0.15) is 0 Å². The van der Waals surface area contributed by atoms with Gasteiger partial charge in [-0.1, -0.05) is 61.4 Å². The van der Waals surface area contributed by atoms with Crippen LogP contribution in [0.5, 0.6) is 5.75 Å². The standard InChI is InChI=1S/C27H34N2OS3/c1-3-28-26(31)29-17-18-32-27-16-8-7-11-24(27)23(20-9-5-4-6-10-20)19-25(33-27)21-12-14-22(30-2)15-13-21/h4-6,9-10,12-15,19,23-24H,3,7-8,11,16-18H2,1-2H3,(H2,28,29,31)/t23-,24-,27-/m0/s1. The molecular weight excluding hydrogens is 465 g/mol. The number of hydrogen-bond donors (Lipinski definition) is 2. The van der Waals surface area contributed by atoms with Crippen LogP contribution in [0.4, 0.5) is 0 Å². The summed E-state index contributed by atoms with van der Waals surface area (Å²) in [5.74, 6) is 3.02. The summed E-state index contributed by atoms with van der Waals surface area (Å²) >= 11 is 9.61. The number of thioether (sulfide) groups is 2. The molecule has 1 saturated carbocycles. The number of hydrogen-bond acceptors (Lipinski definition) is 4. The number of ether oxygens (including phenoxy) is 1. The number of rotatable bonds is 8. The van der Waals surface area contributed by atoms with E-state index in [2.05, 4.69) is 102 Å². The molecule has 33 heavy (non-hydrogen) atoms. The molecule has 4 rings (SSSR count). The van der Waals surface area contributed by atoms with E-state index in [0.717, 1.165) is 29.7 Å². The smallest absolute Gasteiger partial charge is 0.166 e. The van der Waals surface area contributed by atoms with Crippen LogP contribution in [-0.2, 0) is 0 Å². The molecule has 2 aromatic rings. The molecule has 3 nitrogen and oxygen atoms in total. The van der Waals surface area contributed by atoms with E-state index in [9.17, 15) is 0 Å². The van der Waals surface area contributed by atoms with Crippen molar-refractivity contribution < 1.29 is 4.74 Å².